The highest BCUT2D eigenvalue weighted by molar-refractivity contribution is 6.13. The van der Waals surface area contributed by atoms with E-state index in [9.17, 15) is 19.2 Å². The molecule has 0 aliphatic carbocycles. The Kier molecular flexibility index (Phi) is 9.08. The largest absolute Gasteiger partial charge is 0.481 e. The second-order valence-electron chi connectivity index (χ2n) is 11.8. The van der Waals surface area contributed by atoms with E-state index in [1.54, 1.807) is 53.7 Å². The van der Waals surface area contributed by atoms with Crippen LogP contribution in [0.5, 0.6) is 17.2 Å². The Hall–Kier alpha value is -4.86. The average Bonchev–Trinajstić information content (AvgIpc) is 3.03. The first-order chi connectivity index (χ1) is 20.2. The van der Waals surface area contributed by atoms with Crippen LogP contribution in [0.3, 0.4) is 0 Å². The van der Waals surface area contributed by atoms with Crippen LogP contribution in [0.1, 0.15) is 67.8 Å². The van der Waals surface area contributed by atoms with Gasteiger partial charge < -0.3 is 23.7 Å². The van der Waals surface area contributed by atoms with Gasteiger partial charge in [0.1, 0.15) is 41.4 Å². The van der Waals surface area contributed by atoms with E-state index in [1.165, 1.54) is 24.3 Å². The van der Waals surface area contributed by atoms with E-state index < -0.39 is 48.2 Å². The first-order valence-corrected chi connectivity index (χ1v) is 13.7. The molecule has 0 unspecified atom stereocenters. The molecule has 3 aromatic rings. The van der Waals surface area contributed by atoms with Gasteiger partial charge in [0, 0.05) is 0 Å². The van der Waals surface area contributed by atoms with Crippen molar-refractivity contribution in [2.75, 3.05) is 18.1 Å². The summed E-state index contributed by atoms with van der Waals surface area (Å²) in [7, 11) is 0. The van der Waals surface area contributed by atoms with E-state index in [4.69, 9.17) is 23.7 Å². The molecule has 1 amide bonds. The summed E-state index contributed by atoms with van der Waals surface area (Å²) < 4.78 is 28.1. The number of anilines is 1. The first kappa shape index (κ1) is 31.1. The van der Waals surface area contributed by atoms with E-state index in [-0.39, 0.29) is 40.7 Å². The number of benzene rings is 3. The van der Waals surface area contributed by atoms with Crippen LogP contribution < -0.4 is 14.4 Å². The normalized spacial score (nSPS) is 12.7. The van der Waals surface area contributed by atoms with Gasteiger partial charge in [0.05, 0.1) is 11.3 Å². The van der Waals surface area contributed by atoms with Gasteiger partial charge >= 0.3 is 17.9 Å². The highest BCUT2D eigenvalue weighted by Gasteiger charge is 2.34. The van der Waals surface area contributed by atoms with E-state index in [0.29, 0.717) is 0 Å². The zero-order valence-corrected chi connectivity index (χ0v) is 25.1. The molecule has 0 aromatic heterocycles. The van der Waals surface area contributed by atoms with Crippen LogP contribution in [0.2, 0.25) is 0 Å². The van der Waals surface area contributed by atoms with Crippen LogP contribution in [-0.2, 0) is 30.4 Å². The molecular weight excluding hydrogens is 554 g/mol. The summed E-state index contributed by atoms with van der Waals surface area (Å²) in [6.45, 7) is 9.43. The molecule has 0 radical (unpaired) electrons. The van der Waals surface area contributed by atoms with Crippen molar-refractivity contribution in [2.24, 2.45) is 0 Å². The minimum Gasteiger partial charge on any atom is -0.481 e. The molecule has 226 valence electrons. The maximum Gasteiger partial charge on any atom is 0.344 e. The monoisotopic (exact) mass is 589 g/mol. The Balaban J connectivity index is 1.68. The summed E-state index contributed by atoms with van der Waals surface area (Å²) in [6.07, 6.45) is 0. The van der Waals surface area contributed by atoms with Gasteiger partial charge in [-0.15, -0.1) is 0 Å². The number of hydrogen-bond donors (Lipinski definition) is 0. The molecule has 1 heterocycles. The standard InChI is InChI=1S/C33H35NO9/c1-32(2,3)42-27(35)18-34-23-17-22(31(38)40-19-21-11-8-7-9-12-21)15-16-24(23)41-26-14-10-13-25(29(26)30(34)37)39-20-28(36)43-33(4,5)6/h7-17H,18-20H2,1-6H3. The summed E-state index contributed by atoms with van der Waals surface area (Å²) in [5.74, 6) is -2.19. The van der Waals surface area contributed by atoms with Crippen molar-refractivity contribution in [3.05, 3.63) is 83.4 Å². The van der Waals surface area contributed by atoms with Crippen molar-refractivity contribution in [3.8, 4) is 17.2 Å². The number of ether oxygens (including phenoxy) is 5. The highest BCUT2D eigenvalue weighted by Crippen LogP contribution is 2.42. The Bertz CT molecular complexity index is 1520. The SMILES string of the molecule is CC(C)(C)OC(=O)COc1cccc2c1C(=O)N(CC(=O)OC(C)(C)C)c1cc(C(=O)OCc3ccccc3)ccc1O2. The van der Waals surface area contributed by atoms with Crippen LogP contribution in [-0.4, -0.2) is 48.2 Å². The second kappa shape index (κ2) is 12.6. The van der Waals surface area contributed by atoms with Crippen molar-refractivity contribution >= 4 is 29.5 Å². The Labute approximate surface area is 250 Å². The molecular formula is C33H35NO9. The number of nitrogens with zero attached hydrogens (tertiary/aromatic N) is 1. The fraction of sp³-hybridized carbons (Fsp3) is 0.333. The van der Waals surface area contributed by atoms with Crippen LogP contribution in [0, 0.1) is 0 Å². The van der Waals surface area contributed by atoms with Crippen molar-refractivity contribution in [3.63, 3.8) is 0 Å². The molecule has 0 atom stereocenters. The highest BCUT2D eigenvalue weighted by atomic mass is 16.6. The Morgan fingerprint density at radius 2 is 1.47 bits per heavy atom. The van der Waals surface area contributed by atoms with Gasteiger partial charge in [-0.3, -0.25) is 14.5 Å². The number of carbonyl (C=O) groups is 4. The lowest BCUT2D eigenvalue weighted by molar-refractivity contribution is -0.157. The minimum atomic E-state index is -0.812. The van der Waals surface area contributed by atoms with Gasteiger partial charge in [-0.25, -0.2) is 9.59 Å². The van der Waals surface area contributed by atoms with E-state index >= 15 is 0 Å². The van der Waals surface area contributed by atoms with Crippen LogP contribution in [0.25, 0.3) is 0 Å². The van der Waals surface area contributed by atoms with E-state index in [0.717, 1.165) is 10.5 Å². The number of amides is 1. The third kappa shape index (κ3) is 8.34. The maximum absolute atomic E-state index is 14.1. The summed E-state index contributed by atoms with van der Waals surface area (Å²) in [6, 6.07) is 18.3. The number of hydrogen-bond acceptors (Lipinski definition) is 9. The third-order valence-corrected chi connectivity index (χ3v) is 5.84. The molecule has 0 spiro atoms. The molecule has 43 heavy (non-hydrogen) atoms. The van der Waals surface area contributed by atoms with Crippen LogP contribution in [0.15, 0.2) is 66.7 Å². The van der Waals surface area contributed by atoms with Gasteiger partial charge in [-0.1, -0.05) is 36.4 Å². The zero-order valence-electron chi connectivity index (χ0n) is 25.1. The minimum absolute atomic E-state index is 0.0148. The van der Waals surface area contributed by atoms with E-state index in [2.05, 4.69) is 0 Å². The number of esters is 3. The van der Waals surface area contributed by atoms with Crippen molar-refractivity contribution in [1.29, 1.82) is 0 Å². The van der Waals surface area contributed by atoms with Crippen molar-refractivity contribution < 1.29 is 42.9 Å². The summed E-state index contributed by atoms with van der Waals surface area (Å²) in [4.78, 5) is 53.6. The molecule has 1 aliphatic heterocycles. The quantitative estimate of drug-likeness (QED) is 0.235. The van der Waals surface area contributed by atoms with E-state index in [1.807, 2.05) is 30.3 Å². The summed E-state index contributed by atoms with van der Waals surface area (Å²) in [5, 5.41) is 0. The molecule has 10 nitrogen and oxygen atoms in total. The van der Waals surface area contributed by atoms with Gasteiger partial charge in [0.25, 0.3) is 5.91 Å². The maximum atomic E-state index is 14.1. The molecule has 10 heteroatoms. The Morgan fingerprint density at radius 1 is 0.791 bits per heavy atom. The summed E-state index contributed by atoms with van der Waals surface area (Å²) >= 11 is 0. The Morgan fingerprint density at radius 3 is 2.14 bits per heavy atom. The second-order valence-corrected chi connectivity index (χ2v) is 11.8. The van der Waals surface area contributed by atoms with Crippen molar-refractivity contribution in [2.45, 2.75) is 59.4 Å². The summed E-state index contributed by atoms with van der Waals surface area (Å²) in [5.41, 5.74) is -0.441. The zero-order chi connectivity index (χ0) is 31.4. The lowest BCUT2D eigenvalue weighted by Crippen LogP contribution is -2.39. The molecule has 0 bridgehead atoms. The first-order valence-electron chi connectivity index (χ1n) is 13.7. The fourth-order valence-electron chi connectivity index (χ4n) is 4.21. The fourth-order valence-corrected chi connectivity index (χ4v) is 4.21. The molecule has 0 saturated carbocycles. The van der Waals surface area contributed by atoms with Gasteiger partial charge in [0.15, 0.2) is 12.4 Å². The lowest BCUT2D eigenvalue weighted by atomic mass is 10.1. The van der Waals surface area contributed by atoms with Gasteiger partial charge in [-0.2, -0.15) is 0 Å². The lowest BCUT2D eigenvalue weighted by Gasteiger charge is -2.25. The number of fused-ring (bicyclic) bond motifs is 2. The smallest absolute Gasteiger partial charge is 0.344 e. The third-order valence-electron chi connectivity index (χ3n) is 5.84. The van der Waals surface area contributed by atoms with Gasteiger partial charge in [0.2, 0.25) is 0 Å². The van der Waals surface area contributed by atoms with Crippen LogP contribution >= 0.6 is 0 Å². The predicted octanol–water partition coefficient (Wildman–Crippen LogP) is 5.86. The van der Waals surface area contributed by atoms with Crippen LogP contribution in [0.4, 0.5) is 5.69 Å². The molecule has 1 aliphatic rings. The van der Waals surface area contributed by atoms with Crippen molar-refractivity contribution in [1.82, 2.24) is 0 Å². The number of carbonyl (C=O) groups excluding carboxylic acids is 4. The number of rotatable bonds is 8. The topological polar surface area (TPSA) is 118 Å². The molecule has 0 saturated heterocycles. The molecule has 0 N–H and O–H groups in total. The average molecular weight is 590 g/mol. The molecule has 3 aromatic carbocycles. The van der Waals surface area contributed by atoms with Gasteiger partial charge in [-0.05, 0) is 77.4 Å². The predicted molar refractivity (Wildman–Crippen MR) is 157 cm³/mol. The molecule has 0 fully saturated rings. The molecule has 4 rings (SSSR count).